The van der Waals surface area contributed by atoms with Crippen LogP contribution >= 0.6 is 11.6 Å². The highest BCUT2D eigenvalue weighted by molar-refractivity contribution is 6.30. The van der Waals surface area contributed by atoms with Crippen molar-refractivity contribution in [1.29, 1.82) is 0 Å². The van der Waals surface area contributed by atoms with E-state index in [4.69, 9.17) is 22.0 Å². The van der Waals surface area contributed by atoms with E-state index in [1.807, 2.05) is 36.2 Å². The number of piperazine rings is 1. The van der Waals surface area contributed by atoms with Crippen molar-refractivity contribution in [1.82, 2.24) is 9.80 Å². The second-order valence-electron chi connectivity index (χ2n) is 9.99. The normalized spacial score (nSPS) is 20.3. The first-order chi connectivity index (χ1) is 18.0. The largest absolute Gasteiger partial charge is 0.418 e. The predicted octanol–water partition coefficient (Wildman–Crippen LogP) is 5.79. The summed E-state index contributed by atoms with van der Waals surface area (Å²) in [6.07, 6.45) is -1.49. The zero-order chi connectivity index (χ0) is 27.4. The van der Waals surface area contributed by atoms with Gasteiger partial charge in [-0.3, -0.25) is 10.4 Å². The lowest BCUT2D eigenvalue weighted by molar-refractivity contribution is -0.138. The van der Waals surface area contributed by atoms with Crippen molar-refractivity contribution in [2.75, 3.05) is 55.2 Å². The number of alkyl halides is 3. The predicted molar refractivity (Wildman–Crippen MR) is 140 cm³/mol. The Balaban J connectivity index is 1.23. The van der Waals surface area contributed by atoms with Gasteiger partial charge in [0.25, 0.3) is 0 Å². The molecular formula is C26H33ClF3N5O3. The summed E-state index contributed by atoms with van der Waals surface area (Å²) in [6, 6.07) is 11.0. The summed E-state index contributed by atoms with van der Waals surface area (Å²) in [5.41, 5.74) is -0.493. The van der Waals surface area contributed by atoms with Crippen LogP contribution in [0.15, 0.2) is 42.5 Å². The Bertz CT molecular complexity index is 1090. The number of benzene rings is 2. The summed E-state index contributed by atoms with van der Waals surface area (Å²) in [6.45, 7) is 3.43. The monoisotopic (exact) mass is 555 g/mol. The molecule has 12 heteroatoms. The second-order valence-corrected chi connectivity index (χ2v) is 10.4. The van der Waals surface area contributed by atoms with Crippen LogP contribution in [0.4, 0.5) is 35.0 Å². The summed E-state index contributed by atoms with van der Waals surface area (Å²) in [5, 5.41) is 21.5. The van der Waals surface area contributed by atoms with Gasteiger partial charge in [0, 0.05) is 62.2 Å². The zero-order valence-corrected chi connectivity index (χ0v) is 21.9. The summed E-state index contributed by atoms with van der Waals surface area (Å²) in [4.78, 5) is 18.9. The molecule has 0 atom stereocenters. The summed E-state index contributed by atoms with van der Waals surface area (Å²) < 4.78 is 40.0. The number of rotatable bonds is 6. The van der Waals surface area contributed by atoms with Crippen LogP contribution in [-0.4, -0.2) is 72.1 Å². The minimum Gasteiger partial charge on any atom is -0.382 e. The van der Waals surface area contributed by atoms with Gasteiger partial charge in [0.15, 0.2) is 0 Å². The molecule has 2 aliphatic rings. The van der Waals surface area contributed by atoms with Crippen molar-refractivity contribution < 1.29 is 28.4 Å². The summed E-state index contributed by atoms with van der Waals surface area (Å²) in [5.74, 6) is 0.322. The van der Waals surface area contributed by atoms with Gasteiger partial charge in [-0.2, -0.15) is 13.2 Å². The van der Waals surface area contributed by atoms with Gasteiger partial charge in [-0.25, -0.2) is 4.79 Å². The topological polar surface area (TPSA) is 82.5 Å². The molecular weight excluding hydrogens is 523 g/mol. The van der Waals surface area contributed by atoms with E-state index >= 15 is 0 Å². The molecule has 38 heavy (non-hydrogen) atoms. The fraction of sp³-hybridized carbons (Fsp3) is 0.500. The Hall–Kier alpha value is -2.89. The highest BCUT2D eigenvalue weighted by atomic mass is 35.5. The summed E-state index contributed by atoms with van der Waals surface area (Å²) in [7, 11) is 1.82. The van der Waals surface area contributed by atoms with Gasteiger partial charge in [-0.05, 0) is 74.1 Å². The number of carbonyl (C=O) groups is 1. The second kappa shape index (κ2) is 11.9. The zero-order valence-electron chi connectivity index (χ0n) is 21.2. The van der Waals surface area contributed by atoms with E-state index in [1.165, 1.54) is 6.07 Å². The van der Waals surface area contributed by atoms with Gasteiger partial charge in [0.05, 0.1) is 5.56 Å². The highest BCUT2D eigenvalue weighted by Gasteiger charge is 2.35. The maximum Gasteiger partial charge on any atom is 0.418 e. The SMILES string of the molecule is CN(CC1CCC(Nc2ccc(N(O)O)c(C(F)(F)F)c2)CC1)C(=O)N1CCN(c2ccc(Cl)cc2)CC1. The lowest BCUT2D eigenvalue weighted by atomic mass is 9.85. The van der Waals surface area contributed by atoms with E-state index in [0.717, 1.165) is 56.6 Å². The molecule has 1 aliphatic carbocycles. The molecule has 2 amide bonds. The van der Waals surface area contributed by atoms with Crippen molar-refractivity contribution in [3.05, 3.63) is 53.1 Å². The number of anilines is 3. The quantitative estimate of drug-likeness (QED) is 0.392. The molecule has 0 unspecified atom stereocenters. The first kappa shape index (κ1) is 28.1. The van der Waals surface area contributed by atoms with Gasteiger partial charge >= 0.3 is 12.2 Å². The van der Waals surface area contributed by atoms with E-state index in [2.05, 4.69) is 10.2 Å². The molecule has 0 spiro atoms. The fourth-order valence-corrected chi connectivity index (χ4v) is 5.39. The van der Waals surface area contributed by atoms with Crippen LogP contribution < -0.4 is 15.4 Å². The Morgan fingerprint density at radius 3 is 2.24 bits per heavy atom. The Morgan fingerprint density at radius 1 is 1.03 bits per heavy atom. The standard InChI is InChI=1S/C26H33ClF3N5O3/c1-32(25(36)34-14-12-33(13-15-34)22-9-4-19(27)5-10-22)17-18-2-6-20(7-3-18)31-21-8-11-24(35(37)38)23(16-21)26(28,29)30/h4-5,8-11,16,18,20,31,37-38H,2-3,6-7,12-15,17H2,1H3. The van der Waals surface area contributed by atoms with Crippen molar-refractivity contribution >= 4 is 34.7 Å². The first-order valence-corrected chi connectivity index (χ1v) is 13.1. The minimum absolute atomic E-state index is 0.000470. The third-order valence-electron chi connectivity index (χ3n) is 7.34. The molecule has 2 aromatic carbocycles. The smallest absolute Gasteiger partial charge is 0.382 e. The van der Waals surface area contributed by atoms with Crippen LogP contribution in [0.2, 0.25) is 5.02 Å². The Kier molecular flexibility index (Phi) is 8.79. The maximum atomic E-state index is 13.3. The highest BCUT2D eigenvalue weighted by Crippen LogP contribution is 2.38. The van der Waals surface area contributed by atoms with Crippen LogP contribution in [0.25, 0.3) is 0 Å². The van der Waals surface area contributed by atoms with Gasteiger partial charge in [-0.15, -0.1) is 5.23 Å². The fourth-order valence-electron chi connectivity index (χ4n) is 5.27. The van der Waals surface area contributed by atoms with E-state index < -0.39 is 22.7 Å². The van der Waals surface area contributed by atoms with Gasteiger partial charge in [0.1, 0.15) is 5.69 Å². The van der Waals surface area contributed by atoms with Crippen molar-refractivity contribution in [2.24, 2.45) is 5.92 Å². The Morgan fingerprint density at radius 2 is 1.66 bits per heavy atom. The van der Waals surface area contributed by atoms with Crippen molar-refractivity contribution in [2.45, 2.75) is 37.9 Å². The van der Waals surface area contributed by atoms with Gasteiger partial charge < -0.3 is 20.0 Å². The number of halogens is 4. The van der Waals surface area contributed by atoms with Crippen LogP contribution in [0.5, 0.6) is 0 Å². The molecule has 3 N–H and O–H groups in total. The minimum atomic E-state index is -4.73. The number of amides is 2. The molecule has 0 bridgehead atoms. The number of carbonyl (C=O) groups excluding carboxylic acids is 1. The lowest BCUT2D eigenvalue weighted by Crippen LogP contribution is -2.52. The van der Waals surface area contributed by atoms with Crippen LogP contribution in [-0.2, 0) is 6.18 Å². The number of nitrogens with one attached hydrogen (secondary N) is 1. The van der Waals surface area contributed by atoms with Crippen LogP contribution in [0.3, 0.4) is 0 Å². The third-order valence-corrected chi connectivity index (χ3v) is 7.59. The van der Waals surface area contributed by atoms with Gasteiger partial charge in [-0.1, -0.05) is 11.6 Å². The molecule has 2 aromatic rings. The molecule has 208 valence electrons. The molecule has 1 heterocycles. The molecule has 0 radical (unpaired) electrons. The third kappa shape index (κ3) is 6.95. The van der Waals surface area contributed by atoms with E-state index in [9.17, 15) is 18.0 Å². The average Bonchev–Trinajstić information content (AvgIpc) is 2.89. The van der Waals surface area contributed by atoms with Gasteiger partial charge in [0.2, 0.25) is 0 Å². The molecule has 1 saturated carbocycles. The van der Waals surface area contributed by atoms with E-state index in [1.54, 1.807) is 4.90 Å². The number of nitrogens with zero attached hydrogens (tertiary/aromatic N) is 4. The molecule has 2 fully saturated rings. The molecule has 8 nitrogen and oxygen atoms in total. The van der Waals surface area contributed by atoms with E-state index in [-0.39, 0.29) is 17.8 Å². The van der Waals surface area contributed by atoms with Crippen LogP contribution in [0, 0.1) is 5.92 Å². The van der Waals surface area contributed by atoms with Crippen molar-refractivity contribution in [3.63, 3.8) is 0 Å². The molecule has 1 aliphatic heterocycles. The number of urea groups is 1. The Labute approximate surface area is 225 Å². The molecule has 0 aromatic heterocycles. The maximum absolute atomic E-state index is 13.3. The number of hydrogen-bond donors (Lipinski definition) is 3. The lowest BCUT2D eigenvalue weighted by Gasteiger charge is -2.39. The number of hydrogen-bond acceptors (Lipinski definition) is 6. The molecule has 1 saturated heterocycles. The summed E-state index contributed by atoms with van der Waals surface area (Å²) >= 11 is 5.98. The van der Waals surface area contributed by atoms with Crippen molar-refractivity contribution in [3.8, 4) is 0 Å². The first-order valence-electron chi connectivity index (χ1n) is 12.7. The average molecular weight is 556 g/mol. The molecule has 4 rings (SSSR count). The van der Waals surface area contributed by atoms with Crippen LogP contribution in [0.1, 0.15) is 31.2 Å². The van der Waals surface area contributed by atoms with E-state index in [0.29, 0.717) is 30.6 Å².